The molecule has 0 bridgehead atoms. The van der Waals surface area contributed by atoms with Crippen LogP contribution in [0.15, 0.2) is 54.7 Å². The maximum atomic E-state index is 12.6. The van der Waals surface area contributed by atoms with Gasteiger partial charge in [-0.15, -0.1) is 0 Å². The molecule has 0 aliphatic heterocycles. The van der Waals surface area contributed by atoms with Crippen LogP contribution in [-0.4, -0.2) is 42.8 Å². The first-order valence-electron chi connectivity index (χ1n) is 12.8. The normalized spacial score (nSPS) is 18.5. The Hall–Kier alpha value is -3.82. The fraction of sp³-hybridized carbons (Fsp3) is 0.357. The van der Waals surface area contributed by atoms with Crippen LogP contribution in [0.1, 0.15) is 49.8 Å². The fourth-order valence-corrected chi connectivity index (χ4v) is 4.93. The van der Waals surface area contributed by atoms with Crippen molar-refractivity contribution in [3.63, 3.8) is 0 Å². The summed E-state index contributed by atoms with van der Waals surface area (Å²) in [7, 11) is 1.83. The van der Waals surface area contributed by atoms with Crippen molar-refractivity contribution in [3.05, 3.63) is 65.9 Å². The van der Waals surface area contributed by atoms with E-state index in [-0.39, 0.29) is 0 Å². The molecule has 1 aliphatic carbocycles. The molecule has 0 radical (unpaired) electrons. The van der Waals surface area contributed by atoms with E-state index in [1.165, 1.54) is 0 Å². The van der Waals surface area contributed by atoms with Crippen LogP contribution in [0.5, 0.6) is 0 Å². The predicted octanol–water partition coefficient (Wildman–Crippen LogP) is 3.95. The number of carbonyl (C=O) groups is 1. The number of aryl methyl sites for hydroxylation is 2. The van der Waals surface area contributed by atoms with Gasteiger partial charge >= 0.3 is 0 Å². The molecule has 2 aromatic heterocycles. The molecule has 1 amide bonds. The number of rotatable bonds is 7. The highest BCUT2D eigenvalue weighted by atomic mass is 16.3. The predicted molar refractivity (Wildman–Crippen MR) is 145 cm³/mol. The number of amides is 1. The second-order valence-electron chi connectivity index (χ2n) is 9.72. The van der Waals surface area contributed by atoms with Gasteiger partial charge in [-0.2, -0.15) is 5.10 Å². The Balaban J connectivity index is 1.37. The van der Waals surface area contributed by atoms with Gasteiger partial charge in [-0.05, 0) is 55.4 Å². The molecule has 1 fully saturated rings. The van der Waals surface area contributed by atoms with Crippen molar-refractivity contribution in [1.82, 2.24) is 19.7 Å². The molecule has 0 saturated heterocycles. The van der Waals surface area contributed by atoms with Crippen LogP contribution in [-0.2, 0) is 18.3 Å². The Kier molecular flexibility index (Phi) is 7.16. The molecular weight excluding hydrogens is 466 g/mol. The molecule has 1 aliphatic rings. The van der Waals surface area contributed by atoms with Crippen LogP contribution in [0, 0.1) is 0 Å². The van der Waals surface area contributed by atoms with Gasteiger partial charge in [-0.3, -0.25) is 9.48 Å². The van der Waals surface area contributed by atoms with E-state index in [0.29, 0.717) is 29.4 Å². The molecule has 9 heteroatoms. The van der Waals surface area contributed by atoms with Crippen LogP contribution in [0.3, 0.4) is 0 Å². The average molecular weight is 500 g/mol. The fourth-order valence-electron chi connectivity index (χ4n) is 4.93. The smallest absolute Gasteiger partial charge is 0.259 e. The molecule has 4 aromatic rings. The van der Waals surface area contributed by atoms with Crippen LogP contribution >= 0.6 is 0 Å². The minimum Gasteiger partial charge on any atom is -0.378 e. The Bertz CT molecular complexity index is 1390. The number of nitrogens with two attached hydrogens (primary N) is 1. The zero-order valence-corrected chi connectivity index (χ0v) is 21.2. The number of nitrogens with zero attached hydrogens (tertiary/aromatic N) is 4. The SMILES string of the molecule is CCc1cc(-c2cc(NC(=O)[C@@H](O)c3ccccc3)nn2C)cc2cnc(NC3CCC(N)CC3)nc12. The third kappa shape index (κ3) is 5.47. The number of aliphatic hydroxyl groups is 1. The number of fused-ring (bicyclic) bond motifs is 1. The van der Waals surface area contributed by atoms with E-state index < -0.39 is 12.0 Å². The van der Waals surface area contributed by atoms with Gasteiger partial charge in [0, 0.05) is 42.3 Å². The van der Waals surface area contributed by atoms with Gasteiger partial charge in [-0.1, -0.05) is 37.3 Å². The molecule has 2 heterocycles. The van der Waals surface area contributed by atoms with Gasteiger partial charge in [0.05, 0.1) is 11.2 Å². The largest absolute Gasteiger partial charge is 0.378 e. The van der Waals surface area contributed by atoms with Gasteiger partial charge < -0.3 is 21.5 Å². The highest BCUT2D eigenvalue weighted by Gasteiger charge is 2.21. The molecule has 2 aromatic carbocycles. The van der Waals surface area contributed by atoms with Gasteiger partial charge in [0.1, 0.15) is 0 Å². The second-order valence-corrected chi connectivity index (χ2v) is 9.72. The number of anilines is 2. The van der Waals surface area contributed by atoms with E-state index in [2.05, 4.69) is 33.7 Å². The number of hydrogen-bond donors (Lipinski definition) is 4. The Morgan fingerprint density at radius 2 is 1.92 bits per heavy atom. The lowest BCUT2D eigenvalue weighted by atomic mass is 9.92. The molecule has 9 nitrogen and oxygen atoms in total. The molecule has 1 atom stereocenters. The van der Waals surface area contributed by atoms with Crippen molar-refractivity contribution < 1.29 is 9.90 Å². The molecule has 5 N–H and O–H groups in total. The Labute approximate surface area is 216 Å². The van der Waals surface area contributed by atoms with Crippen molar-refractivity contribution >= 4 is 28.6 Å². The lowest BCUT2D eigenvalue weighted by molar-refractivity contribution is -0.124. The highest BCUT2D eigenvalue weighted by Crippen LogP contribution is 2.30. The summed E-state index contributed by atoms with van der Waals surface area (Å²) in [4.78, 5) is 22.0. The number of aliphatic hydroxyl groups excluding tert-OH is 1. The number of nitrogens with one attached hydrogen (secondary N) is 2. The summed E-state index contributed by atoms with van der Waals surface area (Å²) in [6, 6.07) is 15.4. The third-order valence-electron chi connectivity index (χ3n) is 7.04. The third-order valence-corrected chi connectivity index (χ3v) is 7.04. The zero-order chi connectivity index (χ0) is 25.9. The first kappa shape index (κ1) is 24.9. The Morgan fingerprint density at radius 3 is 2.65 bits per heavy atom. The first-order valence-corrected chi connectivity index (χ1v) is 12.8. The van der Waals surface area contributed by atoms with Crippen LogP contribution in [0.4, 0.5) is 11.8 Å². The van der Waals surface area contributed by atoms with Crippen LogP contribution < -0.4 is 16.4 Å². The monoisotopic (exact) mass is 499 g/mol. The summed E-state index contributed by atoms with van der Waals surface area (Å²) >= 11 is 0. The first-order chi connectivity index (χ1) is 17.9. The van der Waals surface area contributed by atoms with Gasteiger partial charge in [0.15, 0.2) is 11.9 Å². The summed E-state index contributed by atoms with van der Waals surface area (Å²) in [5.74, 6) is 0.494. The average Bonchev–Trinajstić information content (AvgIpc) is 3.29. The summed E-state index contributed by atoms with van der Waals surface area (Å²) in [5.41, 5.74) is 10.4. The number of carbonyl (C=O) groups excluding carboxylic acids is 1. The maximum Gasteiger partial charge on any atom is 0.259 e. The zero-order valence-electron chi connectivity index (χ0n) is 21.2. The standard InChI is InChI=1S/C28H33N7O2/c1-3-17-13-19(14-20-16-30-28(33-25(17)20)31-22-11-9-21(29)10-12-22)23-15-24(34-35(23)2)32-27(37)26(36)18-7-5-4-6-8-18/h4-8,13-16,21-22,26,36H,3,9-12,29H2,1-2H3,(H,30,31,33)(H,32,34,37)/t21?,22?,26-/m0/s1. The van der Waals surface area contributed by atoms with Gasteiger partial charge in [-0.25, -0.2) is 9.97 Å². The number of benzene rings is 2. The number of hydrogen-bond acceptors (Lipinski definition) is 7. The maximum absolute atomic E-state index is 12.6. The minimum absolute atomic E-state index is 0.301. The van der Waals surface area contributed by atoms with Gasteiger partial charge in [0.25, 0.3) is 5.91 Å². The summed E-state index contributed by atoms with van der Waals surface area (Å²) in [6.07, 6.45) is 5.50. The van der Waals surface area contributed by atoms with Crippen molar-refractivity contribution in [1.29, 1.82) is 0 Å². The molecular formula is C28H33N7O2. The molecule has 5 rings (SSSR count). The second kappa shape index (κ2) is 10.7. The van der Waals surface area contributed by atoms with Crippen molar-refractivity contribution in [2.45, 2.75) is 57.2 Å². The van der Waals surface area contributed by atoms with Crippen LogP contribution in [0.2, 0.25) is 0 Å². The van der Waals surface area contributed by atoms with Gasteiger partial charge in [0.2, 0.25) is 5.95 Å². The van der Waals surface area contributed by atoms with E-state index in [0.717, 1.165) is 59.8 Å². The highest BCUT2D eigenvalue weighted by molar-refractivity contribution is 5.94. The van der Waals surface area contributed by atoms with Crippen LogP contribution in [0.25, 0.3) is 22.2 Å². The molecule has 0 spiro atoms. The lowest BCUT2D eigenvalue weighted by Crippen LogP contribution is -2.33. The molecule has 1 saturated carbocycles. The summed E-state index contributed by atoms with van der Waals surface area (Å²) in [5, 5.41) is 22.0. The van der Waals surface area contributed by atoms with E-state index in [9.17, 15) is 9.90 Å². The summed E-state index contributed by atoms with van der Waals surface area (Å²) < 4.78 is 1.72. The van der Waals surface area contributed by atoms with Crippen molar-refractivity contribution in [2.75, 3.05) is 10.6 Å². The molecule has 37 heavy (non-hydrogen) atoms. The van der Waals surface area contributed by atoms with Crippen molar-refractivity contribution in [3.8, 4) is 11.3 Å². The molecule has 0 unspecified atom stereocenters. The lowest BCUT2D eigenvalue weighted by Gasteiger charge is -2.26. The minimum atomic E-state index is -1.27. The topological polar surface area (TPSA) is 131 Å². The summed E-state index contributed by atoms with van der Waals surface area (Å²) in [6.45, 7) is 2.11. The van der Waals surface area contributed by atoms with E-state index >= 15 is 0 Å². The Morgan fingerprint density at radius 1 is 1.16 bits per heavy atom. The number of aromatic nitrogens is 4. The van der Waals surface area contributed by atoms with E-state index in [1.807, 2.05) is 25.4 Å². The molecule has 192 valence electrons. The van der Waals surface area contributed by atoms with E-state index in [1.54, 1.807) is 35.0 Å². The van der Waals surface area contributed by atoms with Crippen molar-refractivity contribution in [2.24, 2.45) is 12.8 Å². The quantitative estimate of drug-likeness (QED) is 0.303. The van der Waals surface area contributed by atoms with E-state index in [4.69, 9.17) is 10.7 Å².